The zero-order valence-corrected chi connectivity index (χ0v) is 13.2. The molecule has 0 saturated carbocycles. The number of likely N-dealkylation sites (tertiary alicyclic amines) is 1. The van der Waals surface area contributed by atoms with Gasteiger partial charge in [-0.05, 0) is 71.0 Å². The highest BCUT2D eigenvalue weighted by atomic mass is 35.5. The van der Waals surface area contributed by atoms with Crippen LogP contribution in [0.4, 0.5) is 4.39 Å². The Labute approximate surface area is 126 Å². The van der Waals surface area contributed by atoms with Crippen molar-refractivity contribution in [1.82, 2.24) is 9.80 Å². The Bertz CT molecular complexity index is 408. The summed E-state index contributed by atoms with van der Waals surface area (Å²) in [5.41, 5.74) is 0.640. The van der Waals surface area contributed by atoms with Gasteiger partial charge in [-0.15, -0.1) is 0 Å². The molecule has 1 heterocycles. The maximum atomic E-state index is 13.8. The maximum Gasteiger partial charge on any atom is 0.129 e. The number of piperidine rings is 1. The van der Waals surface area contributed by atoms with Crippen molar-refractivity contribution in [3.63, 3.8) is 0 Å². The SMILES string of the molecule is CN(C)CCC1CCN(Cc2c(F)cccc2Cl)CC1. The Kier molecular flexibility index (Phi) is 5.82. The van der Waals surface area contributed by atoms with Crippen molar-refractivity contribution in [2.24, 2.45) is 5.92 Å². The molecular formula is C16H24ClFN2. The van der Waals surface area contributed by atoms with E-state index < -0.39 is 0 Å². The Morgan fingerprint density at radius 2 is 2.00 bits per heavy atom. The summed E-state index contributed by atoms with van der Waals surface area (Å²) in [4.78, 5) is 4.56. The molecule has 1 fully saturated rings. The van der Waals surface area contributed by atoms with Gasteiger partial charge in [0.25, 0.3) is 0 Å². The topological polar surface area (TPSA) is 6.48 Å². The zero-order chi connectivity index (χ0) is 14.5. The van der Waals surface area contributed by atoms with E-state index in [0.717, 1.165) is 25.6 Å². The zero-order valence-electron chi connectivity index (χ0n) is 12.4. The van der Waals surface area contributed by atoms with Crippen molar-refractivity contribution in [3.05, 3.63) is 34.6 Å². The van der Waals surface area contributed by atoms with Gasteiger partial charge in [0, 0.05) is 17.1 Å². The molecule has 4 heteroatoms. The first-order valence-electron chi connectivity index (χ1n) is 7.36. The van der Waals surface area contributed by atoms with Crippen LogP contribution in [0.15, 0.2) is 18.2 Å². The fraction of sp³-hybridized carbons (Fsp3) is 0.625. The van der Waals surface area contributed by atoms with Gasteiger partial charge >= 0.3 is 0 Å². The molecule has 2 rings (SSSR count). The van der Waals surface area contributed by atoms with Crippen LogP contribution in [0.2, 0.25) is 5.02 Å². The predicted octanol–water partition coefficient (Wildman–Crippen LogP) is 3.64. The highest BCUT2D eigenvalue weighted by Crippen LogP contribution is 2.25. The molecule has 1 aliphatic heterocycles. The number of hydrogen-bond donors (Lipinski definition) is 0. The first kappa shape index (κ1) is 15.7. The second kappa shape index (κ2) is 7.39. The van der Waals surface area contributed by atoms with E-state index in [1.807, 2.05) is 0 Å². The van der Waals surface area contributed by atoms with Crippen molar-refractivity contribution in [3.8, 4) is 0 Å². The molecule has 1 saturated heterocycles. The molecule has 20 heavy (non-hydrogen) atoms. The van der Waals surface area contributed by atoms with Crippen molar-refractivity contribution < 1.29 is 4.39 Å². The highest BCUT2D eigenvalue weighted by molar-refractivity contribution is 6.31. The lowest BCUT2D eigenvalue weighted by Crippen LogP contribution is -2.34. The third-order valence-electron chi connectivity index (χ3n) is 4.14. The summed E-state index contributed by atoms with van der Waals surface area (Å²) < 4.78 is 13.8. The van der Waals surface area contributed by atoms with E-state index in [0.29, 0.717) is 17.1 Å². The minimum atomic E-state index is -0.188. The lowest BCUT2D eigenvalue weighted by atomic mass is 9.93. The van der Waals surface area contributed by atoms with Crippen LogP contribution >= 0.6 is 11.6 Å². The van der Waals surface area contributed by atoms with E-state index in [1.165, 1.54) is 25.3 Å². The molecule has 0 atom stereocenters. The molecule has 1 aromatic carbocycles. The molecular weight excluding hydrogens is 275 g/mol. The number of hydrogen-bond acceptors (Lipinski definition) is 2. The van der Waals surface area contributed by atoms with Gasteiger partial charge in [-0.3, -0.25) is 4.90 Å². The van der Waals surface area contributed by atoms with Crippen molar-refractivity contribution >= 4 is 11.6 Å². The molecule has 0 N–H and O–H groups in total. The van der Waals surface area contributed by atoms with Gasteiger partial charge < -0.3 is 4.90 Å². The first-order valence-corrected chi connectivity index (χ1v) is 7.74. The summed E-state index contributed by atoms with van der Waals surface area (Å²) in [5.74, 6) is 0.622. The Balaban J connectivity index is 1.82. The Morgan fingerprint density at radius 3 is 2.60 bits per heavy atom. The standard InChI is InChI=1S/C16H24ClFN2/c1-19(2)9-6-13-7-10-20(11-8-13)12-14-15(17)4-3-5-16(14)18/h3-5,13H,6-12H2,1-2H3. The Morgan fingerprint density at radius 1 is 1.30 bits per heavy atom. The van der Waals surface area contributed by atoms with E-state index in [4.69, 9.17) is 11.6 Å². The summed E-state index contributed by atoms with van der Waals surface area (Å²) >= 11 is 6.09. The van der Waals surface area contributed by atoms with E-state index >= 15 is 0 Å². The monoisotopic (exact) mass is 298 g/mol. The van der Waals surface area contributed by atoms with E-state index in [9.17, 15) is 4.39 Å². The second-order valence-electron chi connectivity index (χ2n) is 6.01. The molecule has 0 aromatic heterocycles. The van der Waals surface area contributed by atoms with Gasteiger partial charge in [-0.2, -0.15) is 0 Å². The molecule has 0 bridgehead atoms. The van der Waals surface area contributed by atoms with E-state index in [1.54, 1.807) is 12.1 Å². The molecule has 0 radical (unpaired) electrons. The number of halogens is 2. The molecule has 0 spiro atoms. The van der Waals surface area contributed by atoms with Crippen LogP contribution in [0.1, 0.15) is 24.8 Å². The molecule has 1 aromatic rings. The summed E-state index contributed by atoms with van der Waals surface area (Å²) in [6.07, 6.45) is 3.68. The largest absolute Gasteiger partial charge is 0.309 e. The third kappa shape index (κ3) is 4.44. The van der Waals surface area contributed by atoms with E-state index in [2.05, 4.69) is 23.9 Å². The lowest BCUT2D eigenvalue weighted by molar-refractivity contribution is 0.164. The maximum absolute atomic E-state index is 13.8. The third-order valence-corrected chi connectivity index (χ3v) is 4.49. The smallest absolute Gasteiger partial charge is 0.129 e. The fourth-order valence-electron chi connectivity index (χ4n) is 2.78. The minimum Gasteiger partial charge on any atom is -0.309 e. The van der Waals surface area contributed by atoms with Crippen LogP contribution in [0.3, 0.4) is 0 Å². The minimum absolute atomic E-state index is 0.188. The molecule has 2 nitrogen and oxygen atoms in total. The molecule has 0 unspecified atom stereocenters. The van der Waals surface area contributed by atoms with Crippen LogP contribution in [-0.4, -0.2) is 43.5 Å². The fourth-order valence-corrected chi connectivity index (χ4v) is 3.00. The van der Waals surface area contributed by atoms with Crippen molar-refractivity contribution in [1.29, 1.82) is 0 Å². The number of nitrogens with zero attached hydrogens (tertiary/aromatic N) is 2. The van der Waals surface area contributed by atoms with Gasteiger partial charge in [0.1, 0.15) is 5.82 Å². The normalized spacial score (nSPS) is 17.9. The quantitative estimate of drug-likeness (QED) is 0.819. The summed E-state index contributed by atoms with van der Waals surface area (Å²) in [6, 6.07) is 4.92. The van der Waals surface area contributed by atoms with Gasteiger partial charge in [-0.1, -0.05) is 17.7 Å². The predicted molar refractivity (Wildman–Crippen MR) is 82.6 cm³/mol. The van der Waals surface area contributed by atoms with Crippen LogP contribution in [0.5, 0.6) is 0 Å². The van der Waals surface area contributed by atoms with E-state index in [-0.39, 0.29) is 5.82 Å². The lowest BCUT2D eigenvalue weighted by Gasteiger charge is -2.32. The van der Waals surface area contributed by atoms with Crippen molar-refractivity contribution in [2.75, 3.05) is 33.7 Å². The second-order valence-corrected chi connectivity index (χ2v) is 6.42. The van der Waals surface area contributed by atoms with Gasteiger partial charge in [-0.25, -0.2) is 4.39 Å². The van der Waals surface area contributed by atoms with Crippen LogP contribution in [0.25, 0.3) is 0 Å². The number of benzene rings is 1. The van der Waals surface area contributed by atoms with Crippen molar-refractivity contribution in [2.45, 2.75) is 25.8 Å². The average Bonchev–Trinajstić information content (AvgIpc) is 2.42. The molecule has 0 aliphatic carbocycles. The molecule has 112 valence electrons. The summed E-state index contributed by atoms with van der Waals surface area (Å²) in [5, 5.41) is 0.541. The van der Waals surface area contributed by atoms with Crippen LogP contribution in [-0.2, 0) is 6.54 Å². The van der Waals surface area contributed by atoms with Crippen LogP contribution < -0.4 is 0 Å². The first-order chi connectivity index (χ1) is 9.56. The number of rotatable bonds is 5. The van der Waals surface area contributed by atoms with Gasteiger partial charge in [0.15, 0.2) is 0 Å². The summed E-state index contributed by atoms with van der Waals surface area (Å²) in [7, 11) is 4.24. The van der Waals surface area contributed by atoms with Gasteiger partial charge in [0.05, 0.1) is 0 Å². The Hall–Kier alpha value is -0.640. The summed E-state index contributed by atoms with van der Waals surface area (Å²) in [6.45, 7) is 3.88. The van der Waals surface area contributed by atoms with Gasteiger partial charge in [0.2, 0.25) is 0 Å². The molecule has 1 aliphatic rings. The highest BCUT2D eigenvalue weighted by Gasteiger charge is 2.20. The molecule has 0 amide bonds. The average molecular weight is 299 g/mol. The van der Waals surface area contributed by atoms with Crippen LogP contribution in [0, 0.1) is 11.7 Å².